The standard InChI is InChI=1S/C25H38N4O2/c1-3-22-11-7-8-12-23(22)27-24(30)19-28-15-17-29(18-16-28)20(2)25(31)26-14-13-21-9-5-4-6-10-21/h7-9,11-12,20H,3-6,10,13-19H2,1-2H3,(H,26,31)(H,27,30)/p+2/t20-/m1/s1. The maximum absolute atomic E-state index is 12.6. The van der Waals surface area contributed by atoms with Crippen LogP contribution in [0, 0.1) is 0 Å². The number of carbonyl (C=O) groups is 2. The Kier molecular flexibility index (Phi) is 9.10. The number of piperazine rings is 1. The molecule has 1 aliphatic carbocycles. The molecule has 0 aromatic heterocycles. The van der Waals surface area contributed by atoms with E-state index in [-0.39, 0.29) is 17.9 Å². The summed E-state index contributed by atoms with van der Waals surface area (Å²) in [6, 6.07) is 7.96. The van der Waals surface area contributed by atoms with Gasteiger partial charge in [-0.1, -0.05) is 36.8 Å². The highest BCUT2D eigenvalue weighted by Gasteiger charge is 2.31. The van der Waals surface area contributed by atoms with E-state index in [0.29, 0.717) is 6.54 Å². The van der Waals surface area contributed by atoms with E-state index in [1.54, 1.807) is 0 Å². The van der Waals surface area contributed by atoms with Gasteiger partial charge in [0.2, 0.25) is 0 Å². The van der Waals surface area contributed by atoms with Crippen molar-refractivity contribution in [1.82, 2.24) is 5.32 Å². The smallest absolute Gasteiger partial charge is 0.279 e. The molecule has 2 aliphatic rings. The summed E-state index contributed by atoms with van der Waals surface area (Å²) < 4.78 is 0. The predicted molar refractivity (Wildman–Crippen MR) is 124 cm³/mol. The van der Waals surface area contributed by atoms with E-state index in [2.05, 4.69) is 29.7 Å². The van der Waals surface area contributed by atoms with Crippen LogP contribution in [0.2, 0.25) is 0 Å². The highest BCUT2D eigenvalue weighted by atomic mass is 16.2. The number of nitrogens with one attached hydrogen (secondary N) is 4. The number of aryl methyl sites for hydroxylation is 1. The summed E-state index contributed by atoms with van der Waals surface area (Å²) >= 11 is 0. The summed E-state index contributed by atoms with van der Waals surface area (Å²) in [7, 11) is 0. The summed E-state index contributed by atoms with van der Waals surface area (Å²) in [5.41, 5.74) is 3.59. The van der Waals surface area contributed by atoms with Gasteiger partial charge < -0.3 is 20.4 Å². The van der Waals surface area contributed by atoms with Crippen LogP contribution in [0.15, 0.2) is 35.9 Å². The van der Waals surface area contributed by atoms with Crippen molar-refractivity contribution in [2.75, 3.05) is 44.6 Å². The summed E-state index contributed by atoms with van der Waals surface area (Å²) in [5.74, 6) is 0.228. The summed E-state index contributed by atoms with van der Waals surface area (Å²) in [4.78, 5) is 27.7. The number of anilines is 1. The van der Waals surface area contributed by atoms with E-state index in [1.807, 2.05) is 25.1 Å². The number of amides is 2. The van der Waals surface area contributed by atoms with Crippen molar-refractivity contribution >= 4 is 17.5 Å². The van der Waals surface area contributed by atoms with Crippen molar-refractivity contribution in [3.05, 3.63) is 41.5 Å². The van der Waals surface area contributed by atoms with Crippen molar-refractivity contribution in [3.8, 4) is 0 Å². The molecule has 0 bridgehead atoms. The Morgan fingerprint density at radius 1 is 1.10 bits per heavy atom. The average molecular weight is 429 g/mol. The van der Waals surface area contributed by atoms with Gasteiger partial charge in [0.05, 0.1) is 0 Å². The van der Waals surface area contributed by atoms with E-state index in [1.165, 1.54) is 46.6 Å². The van der Waals surface area contributed by atoms with Gasteiger partial charge in [-0.15, -0.1) is 0 Å². The maximum Gasteiger partial charge on any atom is 0.279 e. The van der Waals surface area contributed by atoms with E-state index in [0.717, 1.165) is 51.3 Å². The van der Waals surface area contributed by atoms with Crippen LogP contribution in [0.1, 0.15) is 51.5 Å². The van der Waals surface area contributed by atoms with Crippen LogP contribution in [0.25, 0.3) is 0 Å². The normalized spacial score (nSPS) is 22.3. The molecule has 1 fully saturated rings. The number of para-hydroxylation sites is 1. The van der Waals surface area contributed by atoms with Crippen molar-refractivity contribution in [3.63, 3.8) is 0 Å². The fourth-order valence-electron chi connectivity index (χ4n) is 4.72. The van der Waals surface area contributed by atoms with E-state index in [4.69, 9.17) is 0 Å². The van der Waals surface area contributed by atoms with Gasteiger partial charge in [-0.3, -0.25) is 9.59 Å². The first kappa shape index (κ1) is 23.5. The molecule has 6 heteroatoms. The first-order valence-electron chi connectivity index (χ1n) is 12.1. The van der Waals surface area contributed by atoms with Gasteiger partial charge in [0.1, 0.15) is 26.2 Å². The zero-order valence-corrected chi connectivity index (χ0v) is 19.3. The second-order valence-electron chi connectivity index (χ2n) is 9.01. The zero-order chi connectivity index (χ0) is 22.1. The third kappa shape index (κ3) is 7.18. The third-order valence-electron chi connectivity index (χ3n) is 6.82. The third-order valence-corrected chi connectivity index (χ3v) is 6.82. The molecule has 0 spiro atoms. The fourth-order valence-corrected chi connectivity index (χ4v) is 4.72. The molecule has 0 unspecified atom stereocenters. The van der Waals surface area contributed by atoms with Crippen molar-refractivity contribution in [1.29, 1.82) is 0 Å². The number of allylic oxidation sites excluding steroid dienone is 1. The lowest BCUT2D eigenvalue weighted by Gasteiger charge is -2.32. The Morgan fingerprint density at radius 2 is 1.87 bits per heavy atom. The number of hydrogen-bond acceptors (Lipinski definition) is 2. The molecule has 1 atom stereocenters. The number of benzene rings is 1. The second kappa shape index (κ2) is 12.0. The monoisotopic (exact) mass is 428 g/mol. The topological polar surface area (TPSA) is 67.1 Å². The quantitative estimate of drug-likeness (QED) is 0.429. The fraction of sp³-hybridized carbons (Fsp3) is 0.600. The average Bonchev–Trinajstić information content (AvgIpc) is 2.80. The lowest BCUT2D eigenvalue weighted by Crippen LogP contribution is -3.30. The highest BCUT2D eigenvalue weighted by Crippen LogP contribution is 2.19. The Bertz CT molecular complexity index is 769. The molecule has 4 N–H and O–H groups in total. The molecule has 2 amide bonds. The predicted octanol–water partition coefficient (Wildman–Crippen LogP) is 0.366. The van der Waals surface area contributed by atoms with Crippen molar-refractivity contribution in [2.45, 2.75) is 58.4 Å². The Balaban J connectivity index is 1.36. The molecule has 1 aromatic rings. The molecule has 1 aliphatic heterocycles. The molecular weight excluding hydrogens is 388 g/mol. The SMILES string of the molecule is CCc1ccccc1NC(=O)C[NH+]1CC[NH+]([C@H](C)C(=O)NCCC2=CCCCC2)CC1. The summed E-state index contributed by atoms with van der Waals surface area (Å²) in [6.45, 7) is 9.06. The number of carbonyl (C=O) groups excluding carboxylic acids is 2. The molecule has 0 saturated carbocycles. The molecule has 1 saturated heterocycles. The van der Waals surface area contributed by atoms with Crippen molar-refractivity contribution in [2.24, 2.45) is 0 Å². The minimum Gasteiger partial charge on any atom is -0.351 e. The Labute approximate surface area is 187 Å². The molecule has 0 radical (unpaired) electrons. The van der Waals surface area contributed by atoms with Crippen LogP contribution in [-0.4, -0.2) is 57.1 Å². The molecule has 3 rings (SSSR count). The minimum absolute atomic E-state index is 0.0351. The van der Waals surface area contributed by atoms with Crippen LogP contribution in [0.3, 0.4) is 0 Å². The van der Waals surface area contributed by atoms with Gasteiger partial charge in [-0.2, -0.15) is 0 Å². The van der Waals surface area contributed by atoms with Crippen LogP contribution < -0.4 is 20.4 Å². The number of rotatable bonds is 9. The molecule has 170 valence electrons. The van der Waals surface area contributed by atoms with Gasteiger partial charge in [0, 0.05) is 12.2 Å². The Hall–Kier alpha value is -2.18. The first-order valence-corrected chi connectivity index (χ1v) is 12.1. The lowest BCUT2D eigenvalue weighted by atomic mass is 9.97. The van der Waals surface area contributed by atoms with Gasteiger partial charge in [0.15, 0.2) is 12.6 Å². The Morgan fingerprint density at radius 3 is 2.58 bits per heavy atom. The highest BCUT2D eigenvalue weighted by molar-refractivity contribution is 5.92. The zero-order valence-electron chi connectivity index (χ0n) is 19.3. The number of hydrogen-bond donors (Lipinski definition) is 4. The van der Waals surface area contributed by atoms with Crippen LogP contribution in [0.4, 0.5) is 5.69 Å². The summed E-state index contributed by atoms with van der Waals surface area (Å²) in [5, 5.41) is 6.21. The van der Waals surface area contributed by atoms with Crippen LogP contribution >= 0.6 is 0 Å². The van der Waals surface area contributed by atoms with Crippen LogP contribution in [-0.2, 0) is 16.0 Å². The van der Waals surface area contributed by atoms with E-state index < -0.39 is 0 Å². The molecule has 6 nitrogen and oxygen atoms in total. The van der Waals surface area contributed by atoms with Gasteiger partial charge in [-0.05, 0) is 57.1 Å². The van der Waals surface area contributed by atoms with Crippen LogP contribution in [0.5, 0.6) is 0 Å². The van der Waals surface area contributed by atoms with Gasteiger partial charge in [0.25, 0.3) is 11.8 Å². The molecular formula is C25H40N4O2+2. The lowest BCUT2D eigenvalue weighted by molar-refractivity contribution is -1.01. The van der Waals surface area contributed by atoms with Gasteiger partial charge >= 0.3 is 0 Å². The molecule has 1 aromatic carbocycles. The van der Waals surface area contributed by atoms with Gasteiger partial charge in [-0.25, -0.2) is 0 Å². The first-order chi connectivity index (χ1) is 15.1. The van der Waals surface area contributed by atoms with Crippen molar-refractivity contribution < 1.29 is 19.4 Å². The van der Waals surface area contributed by atoms with E-state index >= 15 is 0 Å². The maximum atomic E-state index is 12.6. The molecule has 31 heavy (non-hydrogen) atoms. The summed E-state index contributed by atoms with van der Waals surface area (Å²) in [6.07, 6.45) is 9.22. The van der Waals surface area contributed by atoms with E-state index in [9.17, 15) is 9.59 Å². The minimum atomic E-state index is -0.0351. The molecule has 1 heterocycles. The number of quaternary nitrogens is 2. The largest absolute Gasteiger partial charge is 0.351 e. The second-order valence-corrected chi connectivity index (χ2v) is 9.01.